The molecule has 0 atom stereocenters. The Balaban J connectivity index is 0.000000254. The molecule has 0 radical (unpaired) electrons. The van der Waals surface area contributed by atoms with Gasteiger partial charge in [-0.25, -0.2) is 13.6 Å². The summed E-state index contributed by atoms with van der Waals surface area (Å²) in [5, 5.41) is 17.6. The number of hydrogen-bond donors (Lipinski definition) is 2. The van der Waals surface area contributed by atoms with E-state index in [1.54, 1.807) is 27.7 Å². The van der Waals surface area contributed by atoms with Gasteiger partial charge in [0.05, 0.1) is 0 Å². The van der Waals surface area contributed by atoms with Crippen molar-refractivity contribution in [3.05, 3.63) is 58.2 Å². The smallest absolute Gasteiger partial charge is 0.341 e. The van der Waals surface area contributed by atoms with Crippen LogP contribution in [0.4, 0.5) is 8.78 Å². The van der Waals surface area contributed by atoms with Crippen LogP contribution in [-0.4, -0.2) is 22.8 Å². The molecule has 24 heavy (non-hydrogen) atoms. The predicted octanol–water partition coefficient (Wildman–Crippen LogP) is 4.05. The van der Waals surface area contributed by atoms with E-state index in [0.717, 1.165) is 0 Å². The van der Waals surface area contributed by atoms with Crippen molar-refractivity contribution >= 4 is 5.97 Å². The molecule has 0 heterocycles. The van der Waals surface area contributed by atoms with Gasteiger partial charge in [-0.05, 0) is 74.2 Å². The highest BCUT2D eigenvalue weighted by Gasteiger charge is 2.08. The third-order valence-corrected chi connectivity index (χ3v) is 3.22. The third kappa shape index (κ3) is 5.53. The average molecular weight is 338 g/mol. The molecule has 6 heteroatoms. The molecule has 2 aromatic rings. The molecule has 0 fully saturated rings. The van der Waals surface area contributed by atoms with Crippen LogP contribution in [0.3, 0.4) is 0 Å². The van der Waals surface area contributed by atoms with Gasteiger partial charge in [-0.15, -0.1) is 0 Å². The Hall–Kier alpha value is -2.63. The summed E-state index contributed by atoms with van der Waals surface area (Å²) in [6, 6.07) is 5.24. The Morgan fingerprint density at radius 3 is 1.67 bits per heavy atom. The van der Waals surface area contributed by atoms with E-state index in [1.165, 1.54) is 24.3 Å². The minimum absolute atomic E-state index is 0.182. The first kappa shape index (κ1) is 19.4. The molecule has 130 valence electrons. The zero-order valence-electron chi connectivity index (χ0n) is 14.0. The summed E-state index contributed by atoms with van der Waals surface area (Å²) in [6.07, 6.45) is 0. The van der Waals surface area contributed by atoms with Crippen LogP contribution in [0.1, 0.15) is 22.3 Å². The lowest BCUT2D eigenvalue weighted by Crippen LogP contribution is -2.11. The van der Waals surface area contributed by atoms with Gasteiger partial charge >= 0.3 is 5.97 Å². The van der Waals surface area contributed by atoms with Gasteiger partial charge in [0.25, 0.3) is 0 Å². The third-order valence-electron chi connectivity index (χ3n) is 3.22. The first-order valence-electron chi connectivity index (χ1n) is 7.19. The lowest BCUT2D eigenvalue weighted by molar-refractivity contribution is -0.139. The summed E-state index contributed by atoms with van der Waals surface area (Å²) in [7, 11) is 0. The largest absolute Gasteiger partial charge is 0.507 e. The fourth-order valence-electron chi connectivity index (χ4n) is 2.16. The maximum atomic E-state index is 12.8. The number of phenolic OH excluding ortho intramolecular Hbond substituents is 1. The van der Waals surface area contributed by atoms with Crippen molar-refractivity contribution in [2.24, 2.45) is 0 Å². The quantitative estimate of drug-likeness (QED) is 0.886. The van der Waals surface area contributed by atoms with Crippen molar-refractivity contribution < 1.29 is 28.5 Å². The number of carboxylic acids is 1. The second-order valence-electron chi connectivity index (χ2n) is 5.44. The second-order valence-corrected chi connectivity index (χ2v) is 5.44. The van der Waals surface area contributed by atoms with Crippen LogP contribution < -0.4 is 4.74 Å². The van der Waals surface area contributed by atoms with Gasteiger partial charge in [-0.3, -0.25) is 0 Å². The normalized spacial score (nSPS) is 9.92. The van der Waals surface area contributed by atoms with E-state index in [9.17, 15) is 13.6 Å². The minimum atomic E-state index is -1.05. The Morgan fingerprint density at radius 2 is 1.29 bits per heavy atom. The summed E-state index contributed by atoms with van der Waals surface area (Å²) in [5.74, 6) is -1.07. The summed E-state index contributed by atoms with van der Waals surface area (Å²) in [4.78, 5) is 10.3. The number of ether oxygens (including phenoxy) is 1. The van der Waals surface area contributed by atoms with E-state index in [1.807, 2.05) is 0 Å². The molecule has 0 saturated carbocycles. The molecular formula is C18H20F2O4. The van der Waals surface area contributed by atoms with Gasteiger partial charge in [-0.2, -0.15) is 0 Å². The Morgan fingerprint density at radius 1 is 0.917 bits per heavy atom. The van der Waals surface area contributed by atoms with Crippen LogP contribution in [0.5, 0.6) is 11.5 Å². The Kier molecular flexibility index (Phi) is 6.70. The second kappa shape index (κ2) is 8.29. The Bertz CT molecular complexity index is 696. The highest BCUT2D eigenvalue weighted by atomic mass is 19.1. The average Bonchev–Trinajstić information content (AvgIpc) is 2.43. The molecular weight excluding hydrogens is 318 g/mol. The van der Waals surface area contributed by atoms with Crippen molar-refractivity contribution in [3.63, 3.8) is 0 Å². The SMILES string of the molecule is Cc1cc(F)cc(C)c1O.Cc1cc(F)cc(C)c1OCC(=O)O. The fraction of sp³-hybridized carbons (Fsp3) is 0.278. The van der Waals surface area contributed by atoms with E-state index < -0.39 is 12.6 Å². The van der Waals surface area contributed by atoms with Gasteiger partial charge in [0, 0.05) is 0 Å². The van der Waals surface area contributed by atoms with Gasteiger partial charge in [-0.1, -0.05) is 0 Å². The number of benzene rings is 2. The van der Waals surface area contributed by atoms with Crippen molar-refractivity contribution in [1.29, 1.82) is 0 Å². The van der Waals surface area contributed by atoms with E-state index in [4.69, 9.17) is 14.9 Å². The number of aliphatic carboxylic acids is 1. The fourth-order valence-corrected chi connectivity index (χ4v) is 2.16. The molecule has 2 aromatic carbocycles. The van der Waals surface area contributed by atoms with Crippen molar-refractivity contribution in [1.82, 2.24) is 0 Å². The molecule has 0 aliphatic rings. The van der Waals surface area contributed by atoms with Gasteiger partial charge in [0.1, 0.15) is 23.1 Å². The first-order valence-corrected chi connectivity index (χ1v) is 7.19. The van der Waals surface area contributed by atoms with E-state index in [2.05, 4.69) is 0 Å². The molecule has 2 N–H and O–H groups in total. The van der Waals surface area contributed by atoms with E-state index >= 15 is 0 Å². The number of halogens is 2. The number of aromatic hydroxyl groups is 1. The minimum Gasteiger partial charge on any atom is -0.507 e. The molecule has 0 bridgehead atoms. The van der Waals surface area contributed by atoms with E-state index in [0.29, 0.717) is 28.0 Å². The number of carbonyl (C=O) groups is 1. The molecule has 2 rings (SSSR count). The van der Waals surface area contributed by atoms with Crippen LogP contribution >= 0.6 is 0 Å². The summed E-state index contributed by atoms with van der Waals surface area (Å²) in [5.41, 5.74) is 2.36. The van der Waals surface area contributed by atoms with Gasteiger partial charge < -0.3 is 14.9 Å². The van der Waals surface area contributed by atoms with Crippen LogP contribution in [0, 0.1) is 39.3 Å². The standard InChI is InChI=1S/C10H11FO3.C8H9FO/c1-6-3-8(11)4-7(2)10(6)14-5-9(12)13;1-5-3-7(9)4-6(2)8(5)10/h3-4H,5H2,1-2H3,(H,12,13);3-4,10H,1-2H3. The first-order chi connectivity index (χ1) is 11.1. The monoisotopic (exact) mass is 338 g/mol. The van der Waals surface area contributed by atoms with Crippen LogP contribution in [0.25, 0.3) is 0 Å². The molecule has 4 nitrogen and oxygen atoms in total. The number of hydrogen-bond acceptors (Lipinski definition) is 3. The van der Waals surface area contributed by atoms with Gasteiger partial charge in [0.2, 0.25) is 0 Å². The van der Waals surface area contributed by atoms with Crippen LogP contribution in [0.2, 0.25) is 0 Å². The molecule has 0 saturated heterocycles. The molecule has 0 spiro atoms. The zero-order valence-corrected chi connectivity index (χ0v) is 14.0. The van der Waals surface area contributed by atoms with Crippen molar-refractivity contribution in [3.8, 4) is 11.5 Å². The Labute approximate surface area is 139 Å². The number of rotatable bonds is 3. The molecule has 0 aliphatic carbocycles. The highest BCUT2D eigenvalue weighted by molar-refractivity contribution is 5.68. The highest BCUT2D eigenvalue weighted by Crippen LogP contribution is 2.24. The predicted molar refractivity (Wildman–Crippen MR) is 86.5 cm³/mol. The van der Waals surface area contributed by atoms with Gasteiger partial charge in [0.15, 0.2) is 6.61 Å². The van der Waals surface area contributed by atoms with Crippen molar-refractivity contribution in [2.75, 3.05) is 6.61 Å². The van der Waals surface area contributed by atoms with Crippen molar-refractivity contribution in [2.45, 2.75) is 27.7 Å². The lowest BCUT2D eigenvalue weighted by Gasteiger charge is -2.10. The van der Waals surface area contributed by atoms with Crippen LogP contribution in [-0.2, 0) is 4.79 Å². The number of carboxylic acid groups (broad SMARTS) is 1. The molecule has 0 aromatic heterocycles. The van der Waals surface area contributed by atoms with E-state index in [-0.39, 0.29) is 17.4 Å². The maximum absolute atomic E-state index is 12.8. The maximum Gasteiger partial charge on any atom is 0.341 e. The zero-order chi connectivity index (χ0) is 18.4. The topological polar surface area (TPSA) is 66.8 Å². The summed E-state index contributed by atoms with van der Waals surface area (Å²) >= 11 is 0. The molecule has 0 aliphatic heterocycles. The van der Waals surface area contributed by atoms with Crippen LogP contribution in [0.15, 0.2) is 24.3 Å². The number of phenols is 1. The summed E-state index contributed by atoms with van der Waals surface area (Å²) < 4.78 is 30.4. The molecule has 0 amide bonds. The lowest BCUT2D eigenvalue weighted by atomic mass is 10.1. The molecule has 0 unspecified atom stereocenters. The summed E-state index contributed by atoms with van der Waals surface area (Å²) in [6.45, 7) is 6.28. The number of aryl methyl sites for hydroxylation is 4.